The first-order chi connectivity index (χ1) is 9.69. The van der Waals surface area contributed by atoms with Gasteiger partial charge in [0.15, 0.2) is 0 Å². The predicted octanol–water partition coefficient (Wildman–Crippen LogP) is 5.41. The molecule has 0 radical (unpaired) electrons. The number of hydrogen-bond acceptors (Lipinski definition) is 2. The number of hydrogen-bond donors (Lipinski definition) is 1. The van der Waals surface area contributed by atoms with Crippen LogP contribution in [0.5, 0.6) is 0 Å². The largest absolute Gasteiger partial charge is 0.313 e. The lowest BCUT2D eigenvalue weighted by Crippen LogP contribution is -2.14. The summed E-state index contributed by atoms with van der Waals surface area (Å²) in [5.74, 6) is 0. The molecule has 0 saturated heterocycles. The van der Waals surface area contributed by atoms with Gasteiger partial charge in [0.25, 0.3) is 0 Å². The van der Waals surface area contributed by atoms with Crippen LogP contribution in [0.15, 0.2) is 56.7 Å². The van der Waals surface area contributed by atoms with Crippen LogP contribution < -0.4 is 5.32 Å². The highest BCUT2D eigenvalue weighted by atomic mass is 79.9. The monoisotopic (exact) mass is 349 g/mol. The summed E-state index contributed by atoms with van der Waals surface area (Å²) < 4.78 is 1.12. The Morgan fingerprint density at radius 3 is 2.60 bits per heavy atom. The van der Waals surface area contributed by atoms with E-state index in [1.165, 1.54) is 27.3 Å². The molecule has 0 atom stereocenters. The van der Waals surface area contributed by atoms with Crippen LogP contribution >= 0.6 is 27.7 Å². The van der Waals surface area contributed by atoms with E-state index in [1.54, 1.807) is 11.8 Å². The second-order valence-corrected chi connectivity index (χ2v) is 6.89. The van der Waals surface area contributed by atoms with Crippen LogP contribution in [0.2, 0.25) is 0 Å². The van der Waals surface area contributed by atoms with Gasteiger partial charge in [-0.15, -0.1) is 0 Å². The van der Waals surface area contributed by atoms with Gasteiger partial charge in [0.05, 0.1) is 0 Å². The first kappa shape index (κ1) is 15.6. The van der Waals surface area contributed by atoms with E-state index >= 15 is 0 Å². The average Bonchev–Trinajstić information content (AvgIpc) is 2.41. The Bertz CT molecular complexity index is 569. The summed E-state index contributed by atoms with van der Waals surface area (Å²) in [6, 6.07) is 15.1. The highest BCUT2D eigenvalue weighted by molar-refractivity contribution is 9.10. The van der Waals surface area contributed by atoms with Gasteiger partial charge in [0.1, 0.15) is 0 Å². The number of benzene rings is 2. The Balaban J connectivity index is 2.05. The van der Waals surface area contributed by atoms with E-state index in [0.29, 0.717) is 0 Å². The van der Waals surface area contributed by atoms with Crippen LogP contribution in [0.1, 0.15) is 24.5 Å². The van der Waals surface area contributed by atoms with Gasteiger partial charge in [-0.25, -0.2) is 0 Å². The topological polar surface area (TPSA) is 12.0 Å². The van der Waals surface area contributed by atoms with Gasteiger partial charge in [-0.3, -0.25) is 0 Å². The Hall–Kier alpha value is -0.770. The van der Waals surface area contributed by atoms with Crippen LogP contribution in [-0.2, 0) is 6.54 Å². The zero-order valence-electron chi connectivity index (χ0n) is 11.9. The molecule has 20 heavy (non-hydrogen) atoms. The van der Waals surface area contributed by atoms with Crippen molar-refractivity contribution in [2.45, 2.75) is 36.6 Å². The van der Waals surface area contributed by atoms with Gasteiger partial charge >= 0.3 is 0 Å². The molecule has 0 heterocycles. The molecule has 0 aliphatic rings. The molecule has 0 unspecified atom stereocenters. The molecule has 0 aliphatic carbocycles. The van der Waals surface area contributed by atoms with Crippen molar-refractivity contribution < 1.29 is 0 Å². The highest BCUT2D eigenvalue weighted by Gasteiger charge is 2.02. The maximum atomic E-state index is 3.52. The van der Waals surface area contributed by atoms with E-state index < -0.39 is 0 Å². The summed E-state index contributed by atoms with van der Waals surface area (Å²) in [5.41, 5.74) is 2.74. The van der Waals surface area contributed by atoms with E-state index in [1.807, 2.05) is 0 Å². The zero-order chi connectivity index (χ0) is 14.4. The molecule has 2 aromatic carbocycles. The predicted molar refractivity (Wildman–Crippen MR) is 91.4 cm³/mol. The summed E-state index contributed by atoms with van der Waals surface area (Å²) >= 11 is 5.32. The minimum Gasteiger partial charge on any atom is -0.313 e. The van der Waals surface area contributed by atoms with Crippen molar-refractivity contribution in [2.75, 3.05) is 6.54 Å². The zero-order valence-corrected chi connectivity index (χ0v) is 14.4. The lowest BCUT2D eigenvalue weighted by Gasteiger charge is -2.09. The molecule has 0 aliphatic heterocycles. The third kappa shape index (κ3) is 4.65. The quantitative estimate of drug-likeness (QED) is 0.699. The number of aryl methyl sites for hydroxylation is 1. The standard InChI is InChI=1S/C17H20BrNS/c1-3-9-19-12-14-7-8-17(10-13(14)2)20-16-6-4-5-15(18)11-16/h4-8,10-11,19H,3,9,12H2,1-2H3. The summed E-state index contributed by atoms with van der Waals surface area (Å²) in [5, 5.41) is 3.46. The fourth-order valence-corrected chi connectivity index (χ4v) is 3.52. The smallest absolute Gasteiger partial charge is 0.0208 e. The Morgan fingerprint density at radius 2 is 1.90 bits per heavy atom. The summed E-state index contributed by atoms with van der Waals surface area (Å²) in [6.07, 6.45) is 1.18. The van der Waals surface area contributed by atoms with Crippen LogP contribution in [0.4, 0.5) is 0 Å². The van der Waals surface area contributed by atoms with Gasteiger partial charge < -0.3 is 5.32 Å². The molecule has 0 bridgehead atoms. The second kappa shape index (κ2) is 7.87. The molecule has 3 heteroatoms. The number of nitrogens with one attached hydrogen (secondary N) is 1. The second-order valence-electron chi connectivity index (χ2n) is 4.82. The van der Waals surface area contributed by atoms with Crippen molar-refractivity contribution in [1.82, 2.24) is 5.32 Å². The minimum absolute atomic E-state index is 0.960. The highest BCUT2D eigenvalue weighted by Crippen LogP contribution is 2.30. The molecule has 0 fully saturated rings. The maximum Gasteiger partial charge on any atom is 0.0208 e. The SMILES string of the molecule is CCCNCc1ccc(Sc2cccc(Br)c2)cc1C. The summed E-state index contributed by atoms with van der Waals surface area (Å²) in [4.78, 5) is 2.55. The molecular formula is C17H20BrNS. The first-order valence-electron chi connectivity index (χ1n) is 6.92. The van der Waals surface area contributed by atoms with Crippen molar-refractivity contribution in [2.24, 2.45) is 0 Å². The van der Waals surface area contributed by atoms with E-state index in [4.69, 9.17) is 0 Å². The van der Waals surface area contributed by atoms with Gasteiger partial charge in [-0.05, 0) is 61.3 Å². The van der Waals surface area contributed by atoms with Crippen LogP contribution in [0.3, 0.4) is 0 Å². The Kier molecular flexibility index (Phi) is 6.14. The van der Waals surface area contributed by atoms with E-state index in [9.17, 15) is 0 Å². The van der Waals surface area contributed by atoms with E-state index in [0.717, 1.165) is 17.6 Å². The third-order valence-corrected chi connectivity index (χ3v) is 4.56. The molecular weight excluding hydrogens is 330 g/mol. The van der Waals surface area contributed by atoms with Gasteiger partial charge in [-0.2, -0.15) is 0 Å². The van der Waals surface area contributed by atoms with E-state index in [2.05, 4.69) is 77.6 Å². The van der Waals surface area contributed by atoms with Crippen molar-refractivity contribution in [3.05, 3.63) is 58.1 Å². The van der Waals surface area contributed by atoms with Crippen LogP contribution in [0, 0.1) is 6.92 Å². The average molecular weight is 350 g/mol. The Labute approximate surface area is 134 Å². The fourth-order valence-electron chi connectivity index (χ4n) is 2.00. The van der Waals surface area contributed by atoms with Gasteiger partial charge in [0.2, 0.25) is 0 Å². The summed E-state index contributed by atoms with van der Waals surface area (Å²) in [7, 11) is 0. The molecule has 1 nitrogen and oxygen atoms in total. The van der Waals surface area contributed by atoms with Gasteiger partial charge in [0, 0.05) is 20.8 Å². The lowest BCUT2D eigenvalue weighted by molar-refractivity contribution is 0.673. The van der Waals surface area contributed by atoms with Crippen molar-refractivity contribution in [3.8, 4) is 0 Å². The van der Waals surface area contributed by atoms with Crippen molar-refractivity contribution >= 4 is 27.7 Å². The van der Waals surface area contributed by atoms with Gasteiger partial charge in [-0.1, -0.05) is 46.7 Å². The van der Waals surface area contributed by atoms with Crippen LogP contribution in [-0.4, -0.2) is 6.54 Å². The number of halogens is 1. The minimum atomic E-state index is 0.960. The molecule has 0 saturated carbocycles. The van der Waals surface area contributed by atoms with Crippen LogP contribution in [0.25, 0.3) is 0 Å². The van der Waals surface area contributed by atoms with Crippen molar-refractivity contribution in [1.29, 1.82) is 0 Å². The lowest BCUT2D eigenvalue weighted by atomic mass is 10.1. The molecule has 1 N–H and O–H groups in total. The molecule has 0 amide bonds. The normalized spacial score (nSPS) is 10.8. The molecule has 2 rings (SSSR count). The third-order valence-electron chi connectivity index (χ3n) is 3.09. The first-order valence-corrected chi connectivity index (χ1v) is 8.53. The maximum absolute atomic E-state index is 3.52. The Morgan fingerprint density at radius 1 is 1.10 bits per heavy atom. The molecule has 106 valence electrons. The molecule has 0 aromatic heterocycles. The summed E-state index contributed by atoms with van der Waals surface area (Å²) in [6.45, 7) is 6.42. The molecule has 0 spiro atoms. The fraction of sp³-hybridized carbons (Fsp3) is 0.294. The molecule has 2 aromatic rings. The van der Waals surface area contributed by atoms with Crippen molar-refractivity contribution in [3.63, 3.8) is 0 Å². The number of rotatable bonds is 6. The van der Waals surface area contributed by atoms with E-state index in [-0.39, 0.29) is 0 Å².